The quantitative estimate of drug-likeness (QED) is 0.0892. The Hall–Kier alpha value is -8.60. The standard InChI is InChI=1S/C21H19NO3S.C20H23NO3S.C18H19NO3S.C17H17NO3S/c1-15(23)21-13-18-8-4-5-9-19(18)14-22(21)26(24)25-20-11-10-16-6-2-3-7-17(16)12-20;1-13-9-14(2)20(15(3)10-13)24-25(23)21-12-18-8-6-5-7-17(18)11-19(21)16(4)22;1-13-7-9-17(10-8-13)22-23(21)19-12-16-6-4-3-5-15(16)11-18(19)14(2)20;1-12-7-9-15(10-8-12)21-22(20)18-16-6-4-3-5-14(16)11-17(18)13(2)19/h2-12,21H,13-14H2,1H3;5-10,19H,11-12H2,1-4H3;3-10,18H,11-12H2,1-2H3;3-10,17H,11H2,1-2H3/t21-,26?;19-,25?;18-,23?;/m111./s1. The average molecular weight is 1370 g/mol. The highest BCUT2D eigenvalue weighted by Gasteiger charge is 2.39. The summed E-state index contributed by atoms with van der Waals surface area (Å²) in [5.74, 6) is 2.20. The first-order valence-corrected chi connectivity index (χ1v) is 35.7. The van der Waals surface area contributed by atoms with Gasteiger partial charge in [0.2, 0.25) is 0 Å². The van der Waals surface area contributed by atoms with Crippen LogP contribution in [0.4, 0.5) is 5.69 Å². The van der Waals surface area contributed by atoms with Crippen LogP contribution in [0.25, 0.3) is 10.8 Å². The molecule has 4 heterocycles. The molecule has 9 aromatic carbocycles. The van der Waals surface area contributed by atoms with Crippen LogP contribution in [0.3, 0.4) is 0 Å². The van der Waals surface area contributed by atoms with Crippen LogP contribution >= 0.6 is 0 Å². The zero-order chi connectivity index (χ0) is 68.3. The fourth-order valence-electron chi connectivity index (χ4n) is 12.1. The molecule has 0 radical (unpaired) electrons. The van der Waals surface area contributed by atoms with Crippen LogP contribution in [0.1, 0.15) is 94.5 Å². The van der Waals surface area contributed by atoms with Gasteiger partial charge in [-0.2, -0.15) is 29.8 Å². The van der Waals surface area contributed by atoms with Gasteiger partial charge in [-0.25, -0.2) is 4.31 Å². The number of Topliss-reactive ketones (excluding diaryl/α,β-unsaturated/α-hetero) is 4. The van der Waals surface area contributed by atoms with Crippen molar-refractivity contribution in [1.82, 2.24) is 12.9 Å². The summed E-state index contributed by atoms with van der Waals surface area (Å²) < 4.78 is 80.2. The number of aryl methyl sites for hydroxylation is 5. The third-order valence-electron chi connectivity index (χ3n) is 17.2. The molecule has 0 bridgehead atoms. The van der Waals surface area contributed by atoms with Gasteiger partial charge < -0.3 is 16.7 Å². The number of para-hydroxylation sites is 1. The largest absolute Gasteiger partial charge is 0.389 e. The highest BCUT2D eigenvalue weighted by Crippen LogP contribution is 2.36. The fourth-order valence-corrected chi connectivity index (χ4v) is 16.5. The topological polar surface area (TPSA) is 186 Å². The van der Waals surface area contributed by atoms with E-state index in [2.05, 4.69) is 0 Å². The number of benzene rings is 9. The molecular weight excluding hydrogens is 1290 g/mol. The Labute approximate surface area is 572 Å². The Kier molecular flexibility index (Phi) is 23.4. The summed E-state index contributed by atoms with van der Waals surface area (Å²) in [6.07, 6.45) is 2.24. The number of nitrogens with zero attached hydrogens (tertiary/aromatic N) is 4. The fraction of sp³-hybridized carbons (Fsp3) is 0.263. The van der Waals surface area contributed by atoms with Gasteiger partial charge in [0.05, 0.1) is 23.8 Å². The summed E-state index contributed by atoms with van der Waals surface area (Å²) in [6.45, 7) is 17.3. The van der Waals surface area contributed by atoms with Crippen molar-refractivity contribution >= 4 is 84.7 Å². The van der Waals surface area contributed by atoms with E-state index in [4.69, 9.17) is 16.7 Å². The smallest absolute Gasteiger partial charge is 0.319 e. The van der Waals surface area contributed by atoms with E-state index >= 15 is 0 Å². The van der Waals surface area contributed by atoms with Crippen molar-refractivity contribution < 1.29 is 52.7 Å². The Balaban J connectivity index is 0.000000139. The number of hydrogen-bond donors (Lipinski definition) is 0. The molecule has 0 saturated heterocycles. The molecular formula is C76H78N4O12S4. The number of ketones is 4. The molecule has 498 valence electrons. The Morgan fingerprint density at radius 3 is 1.09 bits per heavy atom. The molecule has 0 aliphatic carbocycles. The number of fused-ring (bicyclic) bond motifs is 5. The van der Waals surface area contributed by atoms with Crippen molar-refractivity contribution in [2.75, 3.05) is 4.31 Å². The third kappa shape index (κ3) is 17.3. The maximum atomic E-state index is 12.9. The molecule has 8 atom stereocenters. The van der Waals surface area contributed by atoms with Crippen LogP contribution in [-0.2, 0) is 110 Å². The van der Waals surface area contributed by atoms with Gasteiger partial charge in [0.1, 0.15) is 46.4 Å². The Morgan fingerprint density at radius 1 is 0.333 bits per heavy atom. The van der Waals surface area contributed by atoms with Crippen molar-refractivity contribution in [2.45, 2.75) is 132 Å². The highest BCUT2D eigenvalue weighted by molar-refractivity contribution is 7.82. The van der Waals surface area contributed by atoms with Crippen molar-refractivity contribution in [3.63, 3.8) is 0 Å². The van der Waals surface area contributed by atoms with Gasteiger partial charge in [-0.15, -0.1) is 0 Å². The van der Waals surface area contributed by atoms with E-state index < -0.39 is 69.2 Å². The lowest BCUT2D eigenvalue weighted by Gasteiger charge is -2.33. The summed E-state index contributed by atoms with van der Waals surface area (Å²) in [4.78, 5) is 48.1. The SMILES string of the molecule is CC(=O)C1Cc2ccccc2N1S(=O)Oc1ccc(C)cc1.CC(=O)[C@H]1Cc2ccccc2CN1S(=O)Oc1c(C)cc(C)cc1C.CC(=O)[C@H]1Cc2ccccc2CN1S(=O)Oc1ccc(C)cc1.CC(=O)[C@H]1Cc2ccccc2CN1S(=O)Oc1ccc2ccccc2c1. The highest BCUT2D eigenvalue weighted by atomic mass is 32.2. The molecule has 9 aromatic rings. The second-order valence-corrected chi connectivity index (χ2v) is 28.6. The van der Waals surface area contributed by atoms with E-state index in [0.29, 0.717) is 68.3 Å². The zero-order valence-electron chi connectivity index (χ0n) is 55.1. The van der Waals surface area contributed by atoms with Crippen molar-refractivity contribution in [3.05, 3.63) is 267 Å². The van der Waals surface area contributed by atoms with Crippen LogP contribution in [0.5, 0.6) is 23.0 Å². The molecule has 0 spiro atoms. The van der Waals surface area contributed by atoms with Crippen molar-refractivity contribution in [1.29, 1.82) is 0 Å². The van der Waals surface area contributed by atoms with Crippen molar-refractivity contribution in [3.8, 4) is 23.0 Å². The maximum absolute atomic E-state index is 12.9. The Morgan fingerprint density at radius 2 is 0.667 bits per heavy atom. The van der Waals surface area contributed by atoms with Crippen LogP contribution in [0.15, 0.2) is 200 Å². The second-order valence-electron chi connectivity index (χ2n) is 24.4. The van der Waals surface area contributed by atoms with E-state index in [1.54, 1.807) is 61.4 Å². The van der Waals surface area contributed by atoms with Crippen LogP contribution in [0, 0.1) is 34.6 Å². The molecule has 0 amide bonds. The first-order chi connectivity index (χ1) is 46.1. The molecule has 96 heavy (non-hydrogen) atoms. The monoisotopic (exact) mass is 1370 g/mol. The summed E-state index contributed by atoms with van der Waals surface area (Å²) >= 11 is -6.94. The van der Waals surface area contributed by atoms with E-state index in [0.717, 1.165) is 83.2 Å². The maximum Gasteiger partial charge on any atom is 0.319 e. The molecule has 5 unspecified atom stereocenters. The van der Waals surface area contributed by atoms with Gasteiger partial charge in [0, 0.05) is 26.1 Å². The third-order valence-corrected chi connectivity index (χ3v) is 21.6. The molecule has 4 aliphatic rings. The minimum absolute atomic E-state index is 0.000333. The first-order valence-electron chi connectivity index (χ1n) is 31.6. The minimum atomic E-state index is -1.75. The lowest BCUT2D eigenvalue weighted by Crippen LogP contribution is -2.46. The van der Waals surface area contributed by atoms with E-state index in [9.17, 15) is 36.0 Å². The summed E-state index contributed by atoms with van der Waals surface area (Å²) in [5.41, 5.74) is 13.7. The molecule has 13 rings (SSSR count). The molecule has 0 N–H and O–H groups in total. The molecule has 0 saturated carbocycles. The van der Waals surface area contributed by atoms with Gasteiger partial charge in [0.15, 0.2) is 5.78 Å². The van der Waals surface area contributed by atoms with Gasteiger partial charge in [-0.05, 0) is 185 Å². The first kappa shape index (κ1) is 70.2. The number of carbonyl (C=O) groups excluding carboxylic acids is 4. The van der Waals surface area contributed by atoms with Gasteiger partial charge in [-0.1, -0.05) is 174 Å². The number of hydrogen-bond acceptors (Lipinski definition) is 12. The van der Waals surface area contributed by atoms with Crippen LogP contribution < -0.4 is 21.0 Å². The normalized spacial score (nSPS) is 18.4. The molecule has 20 heteroatoms. The molecule has 4 aliphatic heterocycles. The van der Waals surface area contributed by atoms with Gasteiger partial charge in [-0.3, -0.25) is 19.2 Å². The minimum Gasteiger partial charge on any atom is -0.389 e. The second kappa shape index (κ2) is 32.0. The lowest BCUT2D eigenvalue weighted by molar-refractivity contribution is -0.121. The lowest BCUT2D eigenvalue weighted by atomic mass is 9.94. The van der Waals surface area contributed by atoms with E-state index in [1.807, 2.05) is 204 Å². The molecule has 0 aromatic heterocycles. The summed E-state index contributed by atoms with van der Waals surface area (Å²) in [5, 5.41) is 2.12. The van der Waals surface area contributed by atoms with Crippen LogP contribution in [0.2, 0.25) is 0 Å². The number of rotatable bonds is 16. The summed E-state index contributed by atoms with van der Waals surface area (Å²) in [6, 6.07) is 62.0. The van der Waals surface area contributed by atoms with Crippen molar-refractivity contribution in [2.24, 2.45) is 0 Å². The number of carbonyl (C=O) groups is 4. The van der Waals surface area contributed by atoms with Gasteiger partial charge >= 0.3 is 11.3 Å². The predicted molar refractivity (Wildman–Crippen MR) is 380 cm³/mol. The molecule has 16 nitrogen and oxygen atoms in total. The predicted octanol–water partition coefficient (Wildman–Crippen LogP) is 13.3. The van der Waals surface area contributed by atoms with E-state index in [-0.39, 0.29) is 23.1 Å². The van der Waals surface area contributed by atoms with E-state index in [1.165, 1.54) is 13.8 Å². The van der Waals surface area contributed by atoms with Gasteiger partial charge in [0.25, 0.3) is 33.8 Å². The summed E-state index contributed by atoms with van der Waals surface area (Å²) in [7, 11) is 0. The Bertz CT molecular complexity index is 4410. The zero-order valence-corrected chi connectivity index (χ0v) is 58.4. The molecule has 0 fully saturated rings. The number of anilines is 1. The van der Waals surface area contributed by atoms with Crippen LogP contribution in [-0.4, -0.2) is 77.1 Å². The average Bonchev–Trinajstić information content (AvgIpc) is 1.70.